The van der Waals surface area contributed by atoms with Gasteiger partial charge in [0.15, 0.2) is 0 Å². The monoisotopic (exact) mass is 301 g/mol. The van der Waals surface area contributed by atoms with Crippen LogP contribution in [0.2, 0.25) is 5.02 Å². The van der Waals surface area contributed by atoms with Crippen molar-refractivity contribution in [2.24, 2.45) is 0 Å². The van der Waals surface area contributed by atoms with Crippen LogP contribution in [0.15, 0.2) is 36.7 Å². The Hall–Kier alpha value is -2.20. The van der Waals surface area contributed by atoms with Crippen LogP contribution in [-0.2, 0) is 0 Å². The average Bonchev–Trinajstić information content (AvgIpc) is 2.45. The van der Waals surface area contributed by atoms with Crippen LogP contribution >= 0.6 is 11.6 Å². The molecule has 2 aromatic carbocycles. The van der Waals surface area contributed by atoms with Crippen LogP contribution in [0.5, 0.6) is 0 Å². The normalized spacial score (nSPS) is 10.9. The van der Waals surface area contributed by atoms with Gasteiger partial charge < -0.3 is 5.32 Å². The smallest absolute Gasteiger partial charge is 0.141 e. The summed E-state index contributed by atoms with van der Waals surface area (Å²) in [4.78, 5) is 8.55. The van der Waals surface area contributed by atoms with Gasteiger partial charge in [0.05, 0.1) is 10.5 Å². The number of halogens is 2. The molecule has 0 fully saturated rings. The summed E-state index contributed by atoms with van der Waals surface area (Å²) in [5.41, 5.74) is 3.89. The number of aryl methyl sites for hydroxylation is 2. The van der Waals surface area contributed by atoms with Gasteiger partial charge in [0, 0.05) is 11.1 Å². The van der Waals surface area contributed by atoms with E-state index in [4.69, 9.17) is 11.6 Å². The number of anilines is 2. The average molecular weight is 302 g/mol. The minimum Gasteiger partial charge on any atom is -0.340 e. The number of nitrogens with one attached hydrogen (secondary N) is 1. The molecule has 0 bridgehead atoms. The highest BCUT2D eigenvalue weighted by Gasteiger charge is 2.07. The molecule has 0 aliphatic heterocycles. The lowest BCUT2D eigenvalue weighted by atomic mass is 10.1. The fourth-order valence-corrected chi connectivity index (χ4v) is 2.31. The van der Waals surface area contributed by atoms with E-state index in [0.29, 0.717) is 11.5 Å². The second-order valence-corrected chi connectivity index (χ2v) is 5.34. The van der Waals surface area contributed by atoms with Gasteiger partial charge in [-0.25, -0.2) is 14.4 Å². The highest BCUT2D eigenvalue weighted by atomic mass is 35.5. The Balaban J connectivity index is 2.07. The Bertz CT molecular complexity index is 833. The minimum atomic E-state index is -0.443. The van der Waals surface area contributed by atoms with E-state index in [0.717, 1.165) is 16.5 Å². The van der Waals surface area contributed by atoms with Gasteiger partial charge in [-0.2, -0.15) is 0 Å². The molecule has 0 saturated heterocycles. The zero-order chi connectivity index (χ0) is 15.0. The van der Waals surface area contributed by atoms with E-state index in [-0.39, 0.29) is 5.02 Å². The molecule has 106 valence electrons. The SMILES string of the molecule is Cc1cc2ncnc(Nc3ccc(F)c(Cl)c3)c2cc1C. The van der Waals surface area contributed by atoms with Crippen molar-refractivity contribution in [2.45, 2.75) is 13.8 Å². The third-order valence-electron chi connectivity index (χ3n) is 3.43. The zero-order valence-corrected chi connectivity index (χ0v) is 12.4. The predicted molar refractivity (Wildman–Crippen MR) is 83.7 cm³/mol. The maximum Gasteiger partial charge on any atom is 0.141 e. The number of benzene rings is 2. The molecule has 0 amide bonds. The summed E-state index contributed by atoms with van der Waals surface area (Å²) in [5.74, 6) is 0.229. The van der Waals surface area contributed by atoms with Gasteiger partial charge in [0.25, 0.3) is 0 Å². The molecular weight excluding hydrogens is 289 g/mol. The quantitative estimate of drug-likeness (QED) is 0.740. The van der Waals surface area contributed by atoms with Gasteiger partial charge in [0.1, 0.15) is 18.0 Å². The van der Waals surface area contributed by atoms with Crippen molar-refractivity contribution in [3.8, 4) is 0 Å². The molecule has 1 N–H and O–H groups in total. The Labute approximate surface area is 126 Å². The van der Waals surface area contributed by atoms with Gasteiger partial charge >= 0.3 is 0 Å². The lowest BCUT2D eigenvalue weighted by Gasteiger charge is -2.10. The lowest BCUT2D eigenvalue weighted by molar-refractivity contribution is 0.628. The van der Waals surface area contributed by atoms with Crippen LogP contribution in [0, 0.1) is 19.7 Å². The summed E-state index contributed by atoms with van der Waals surface area (Å²) in [6.45, 7) is 4.09. The van der Waals surface area contributed by atoms with Crippen molar-refractivity contribution in [1.82, 2.24) is 9.97 Å². The third-order valence-corrected chi connectivity index (χ3v) is 3.72. The summed E-state index contributed by atoms with van der Waals surface area (Å²) in [6, 6.07) is 8.54. The lowest BCUT2D eigenvalue weighted by Crippen LogP contribution is -1.97. The standard InChI is InChI=1S/C16H13ClFN3/c1-9-5-12-15(6-10(9)2)19-8-20-16(12)21-11-3-4-14(18)13(17)7-11/h3-8H,1-2H3,(H,19,20,21). The van der Waals surface area contributed by atoms with Gasteiger partial charge in [-0.1, -0.05) is 11.6 Å². The van der Waals surface area contributed by atoms with Crippen LogP contribution in [0.3, 0.4) is 0 Å². The molecule has 0 unspecified atom stereocenters. The Morgan fingerprint density at radius 3 is 2.57 bits per heavy atom. The molecular formula is C16H13ClFN3. The highest BCUT2D eigenvalue weighted by Crippen LogP contribution is 2.27. The number of fused-ring (bicyclic) bond motifs is 1. The van der Waals surface area contributed by atoms with Crippen molar-refractivity contribution < 1.29 is 4.39 Å². The molecule has 1 aromatic heterocycles. The van der Waals surface area contributed by atoms with Crippen molar-refractivity contribution in [3.05, 3.63) is 58.6 Å². The molecule has 3 rings (SSSR count). The fraction of sp³-hybridized carbons (Fsp3) is 0.125. The molecule has 0 aliphatic rings. The second kappa shape index (κ2) is 5.30. The topological polar surface area (TPSA) is 37.8 Å². The number of hydrogen-bond acceptors (Lipinski definition) is 3. The van der Waals surface area contributed by atoms with Gasteiger partial charge in [0.2, 0.25) is 0 Å². The van der Waals surface area contributed by atoms with E-state index >= 15 is 0 Å². The highest BCUT2D eigenvalue weighted by molar-refractivity contribution is 6.31. The number of aromatic nitrogens is 2. The maximum atomic E-state index is 13.2. The zero-order valence-electron chi connectivity index (χ0n) is 11.6. The first-order chi connectivity index (χ1) is 10.0. The van der Waals surface area contributed by atoms with Crippen LogP contribution in [-0.4, -0.2) is 9.97 Å². The fourth-order valence-electron chi connectivity index (χ4n) is 2.13. The molecule has 0 spiro atoms. The Morgan fingerprint density at radius 2 is 1.81 bits per heavy atom. The summed E-state index contributed by atoms with van der Waals surface area (Å²) in [7, 11) is 0. The number of hydrogen-bond donors (Lipinski definition) is 1. The first-order valence-electron chi connectivity index (χ1n) is 6.48. The second-order valence-electron chi connectivity index (χ2n) is 4.93. The largest absolute Gasteiger partial charge is 0.340 e. The third kappa shape index (κ3) is 2.67. The van der Waals surface area contributed by atoms with Crippen molar-refractivity contribution in [2.75, 3.05) is 5.32 Å². The molecule has 21 heavy (non-hydrogen) atoms. The van der Waals surface area contributed by atoms with Crippen LogP contribution < -0.4 is 5.32 Å². The summed E-state index contributed by atoms with van der Waals surface area (Å²) < 4.78 is 13.2. The molecule has 5 heteroatoms. The predicted octanol–water partition coefficient (Wildman–Crippen LogP) is 4.78. The van der Waals surface area contributed by atoms with Crippen LogP contribution in [0.25, 0.3) is 10.9 Å². The molecule has 0 aliphatic carbocycles. The minimum absolute atomic E-state index is 0.0744. The van der Waals surface area contributed by atoms with Gasteiger partial charge in [-0.3, -0.25) is 0 Å². The van der Waals surface area contributed by atoms with E-state index in [1.807, 2.05) is 26.0 Å². The molecule has 0 saturated carbocycles. The number of nitrogens with zero attached hydrogens (tertiary/aromatic N) is 2. The molecule has 3 nitrogen and oxygen atoms in total. The molecule has 3 aromatic rings. The van der Waals surface area contributed by atoms with E-state index in [1.165, 1.54) is 24.0 Å². The van der Waals surface area contributed by atoms with Gasteiger partial charge in [-0.15, -0.1) is 0 Å². The van der Waals surface area contributed by atoms with E-state index in [2.05, 4.69) is 15.3 Å². The van der Waals surface area contributed by atoms with Crippen LogP contribution in [0.4, 0.5) is 15.9 Å². The first-order valence-corrected chi connectivity index (χ1v) is 6.86. The summed E-state index contributed by atoms with van der Waals surface area (Å²) >= 11 is 5.80. The summed E-state index contributed by atoms with van der Waals surface area (Å²) in [5, 5.41) is 4.15. The Kier molecular flexibility index (Phi) is 3.47. The van der Waals surface area contributed by atoms with Gasteiger partial charge in [-0.05, 0) is 55.3 Å². The van der Waals surface area contributed by atoms with Crippen LogP contribution in [0.1, 0.15) is 11.1 Å². The number of rotatable bonds is 2. The summed E-state index contributed by atoms with van der Waals surface area (Å²) in [6.07, 6.45) is 1.50. The van der Waals surface area contributed by atoms with Crippen molar-refractivity contribution in [1.29, 1.82) is 0 Å². The molecule has 1 heterocycles. The Morgan fingerprint density at radius 1 is 1.05 bits per heavy atom. The van der Waals surface area contributed by atoms with E-state index in [9.17, 15) is 4.39 Å². The van der Waals surface area contributed by atoms with Crippen molar-refractivity contribution in [3.63, 3.8) is 0 Å². The van der Waals surface area contributed by atoms with E-state index in [1.54, 1.807) is 6.07 Å². The van der Waals surface area contributed by atoms with E-state index < -0.39 is 5.82 Å². The first kappa shape index (κ1) is 13.8. The van der Waals surface area contributed by atoms with Crippen molar-refractivity contribution >= 4 is 34.0 Å². The molecule has 0 radical (unpaired) electrons. The molecule has 0 atom stereocenters. The maximum absolute atomic E-state index is 13.2.